The van der Waals surface area contributed by atoms with Crippen LogP contribution in [-0.2, 0) is 11.3 Å². The van der Waals surface area contributed by atoms with Crippen LogP contribution in [0.4, 0.5) is 19.1 Å². The molecule has 0 aliphatic carbocycles. The SMILES string of the molecule is Cc1cccc2c1nc(N)n2CCOCC(F)(F)F. The lowest BCUT2D eigenvalue weighted by Crippen LogP contribution is -2.19. The average Bonchev–Trinajstić information content (AvgIpc) is 2.62. The first-order valence-electron chi connectivity index (χ1n) is 5.74. The summed E-state index contributed by atoms with van der Waals surface area (Å²) in [6.07, 6.45) is -4.31. The minimum absolute atomic E-state index is 0.0664. The normalized spacial score (nSPS) is 12.2. The van der Waals surface area contributed by atoms with Gasteiger partial charge in [0.05, 0.1) is 17.6 Å². The van der Waals surface area contributed by atoms with Gasteiger partial charge < -0.3 is 15.0 Å². The van der Waals surface area contributed by atoms with E-state index < -0.39 is 12.8 Å². The quantitative estimate of drug-likeness (QED) is 0.871. The van der Waals surface area contributed by atoms with E-state index in [1.54, 1.807) is 4.57 Å². The summed E-state index contributed by atoms with van der Waals surface area (Å²) in [5, 5.41) is 0. The summed E-state index contributed by atoms with van der Waals surface area (Å²) in [6.45, 7) is 0.822. The molecule has 1 aromatic carbocycles. The van der Waals surface area contributed by atoms with Crippen molar-refractivity contribution in [2.75, 3.05) is 18.9 Å². The third-order valence-electron chi connectivity index (χ3n) is 2.74. The second kappa shape index (κ2) is 5.08. The van der Waals surface area contributed by atoms with Gasteiger partial charge in [-0.05, 0) is 18.6 Å². The van der Waals surface area contributed by atoms with Gasteiger partial charge in [0.1, 0.15) is 6.61 Å². The lowest BCUT2D eigenvalue weighted by atomic mass is 10.2. The maximum atomic E-state index is 11.9. The lowest BCUT2D eigenvalue weighted by Gasteiger charge is -2.09. The fourth-order valence-corrected chi connectivity index (χ4v) is 1.88. The summed E-state index contributed by atoms with van der Waals surface area (Å²) in [4.78, 5) is 4.20. The molecule has 0 radical (unpaired) electrons. The highest BCUT2D eigenvalue weighted by atomic mass is 19.4. The molecule has 2 N–H and O–H groups in total. The minimum atomic E-state index is -4.31. The largest absolute Gasteiger partial charge is 0.411 e. The molecule has 0 unspecified atom stereocenters. The highest BCUT2D eigenvalue weighted by Crippen LogP contribution is 2.21. The molecule has 1 aromatic heterocycles. The van der Waals surface area contributed by atoms with E-state index in [9.17, 15) is 13.2 Å². The van der Waals surface area contributed by atoms with Crippen LogP contribution in [0, 0.1) is 6.92 Å². The van der Waals surface area contributed by atoms with Crippen molar-refractivity contribution in [3.63, 3.8) is 0 Å². The number of fused-ring (bicyclic) bond motifs is 1. The number of ether oxygens (including phenoxy) is 1. The van der Waals surface area contributed by atoms with Gasteiger partial charge in [0, 0.05) is 6.54 Å². The van der Waals surface area contributed by atoms with Gasteiger partial charge in [0.25, 0.3) is 0 Å². The molecule has 0 aliphatic rings. The summed E-state index contributed by atoms with van der Waals surface area (Å²) in [7, 11) is 0. The fourth-order valence-electron chi connectivity index (χ4n) is 1.88. The van der Waals surface area contributed by atoms with Gasteiger partial charge in [-0.2, -0.15) is 13.2 Å². The Morgan fingerprint density at radius 3 is 2.79 bits per heavy atom. The number of nitrogens with two attached hydrogens (primary N) is 1. The van der Waals surface area contributed by atoms with Crippen LogP contribution in [0.3, 0.4) is 0 Å². The molecule has 0 spiro atoms. The van der Waals surface area contributed by atoms with Crippen LogP contribution >= 0.6 is 0 Å². The number of halogens is 3. The monoisotopic (exact) mass is 273 g/mol. The van der Waals surface area contributed by atoms with Crippen molar-refractivity contribution < 1.29 is 17.9 Å². The molecule has 4 nitrogen and oxygen atoms in total. The first-order chi connectivity index (χ1) is 8.88. The van der Waals surface area contributed by atoms with Crippen LogP contribution in [0.25, 0.3) is 11.0 Å². The molecule has 0 amide bonds. The van der Waals surface area contributed by atoms with Crippen molar-refractivity contribution >= 4 is 17.0 Å². The fraction of sp³-hybridized carbons (Fsp3) is 0.417. The number of nitrogen functional groups attached to an aromatic ring is 1. The number of para-hydroxylation sites is 1. The van der Waals surface area contributed by atoms with E-state index in [1.165, 1.54) is 0 Å². The van der Waals surface area contributed by atoms with Gasteiger partial charge in [-0.1, -0.05) is 12.1 Å². The van der Waals surface area contributed by atoms with Crippen LogP contribution in [0.1, 0.15) is 5.56 Å². The van der Waals surface area contributed by atoms with Crippen molar-refractivity contribution in [2.24, 2.45) is 0 Å². The number of rotatable bonds is 4. The number of nitrogens with zero attached hydrogens (tertiary/aromatic N) is 2. The molecule has 2 rings (SSSR count). The molecule has 0 aliphatic heterocycles. The molecule has 0 saturated carbocycles. The maximum Gasteiger partial charge on any atom is 0.411 e. The molecule has 0 atom stereocenters. The zero-order valence-corrected chi connectivity index (χ0v) is 10.4. The van der Waals surface area contributed by atoms with Crippen LogP contribution in [-0.4, -0.2) is 28.9 Å². The standard InChI is InChI=1S/C12H14F3N3O/c1-8-3-2-4-9-10(8)17-11(16)18(9)5-6-19-7-12(13,14)15/h2-4H,5-7H2,1H3,(H2,16,17). The highest BCUT2D eigenvalue weighted by molar-refractivity contribution is 5.81. The molecule has 0 bridgehead atoms. The first-order valence-corrected chi connectivity index (χ1v) is 5.74. The Bertz CT molecular complexity index is 577. The Kier molecular flexibility index (Phi) is 3.66. The predicted molar refractivity (Wildman–Crippen MR) is 65.8 cm³/mol. The predicted octanol–water partition coefficient (Wildman–Crippen LogP) is 2.51. The lowest BCUT2D eigenvalue weighted by molar-refractivity contribution is -0.174. The van der Waals surface area contributed by atoms with E-state index in [4.69, 9.17) is 5.73 Å². The highest BCUT2D eigenvalue weighted by Gasteiger charge is 2.27. The van der Waals surface area contributed by atoms with Crippen molar-refractivity contribution in [2.45, 2.75) is 19.6 Å². The van der Waals surface area contributed by atoms with Crippen molar-refractivity contribution in [1.29, 1.82) is 0 Å². The van der Waals surface area contributed by atoms with Crippen LogP contribution in [0.5, 0.6) is 0 Å². The summed E-state index contributed by atoms with van der Waals surface area (Å²) in [5.41, 5.74) is 8.29. The number of hydrogen-bond donors (Lipinski definition) is 1. The molecule has 0 saturated heterocycles. The van der Waals surface area contributed by atoms with Gasteiger partial charge in [0.15, 0.2) is 0 Å². The van der Waals surface area contributed by atoms with Gasteiger partial charge >= 0.3 is 6.18 Å². The Morgan fingerprint density at radius 1 is 1.37 bits per heavy atom. The van der Waals surface area contributed by atoms with Crippen molar-refractivity contribution in [3.8, 4) is 0 Å². The van der Waals surface area contributed by atoms with Crippen LogP contribution in [0.2, 0.25) is 0 Å². The number of aryl methyl sites for hydroxylation is 1. The van der Waals surface area contributed by atoms with Gasteiger partial charge in [-0.3, -0.25) is 0 Å². The summed E-state index contributed by atoms with van der Waals surface area (Å²) in [5.74, 6) is 0.278. The van der Waals surface area contributed by atoms with E-state index in [1.807, 2.05) is 25.1 Å². The molecule has 19 heavy (non-hydrogen) atoms. The number of imidazole rings is 1. The molecular formula is C12H14F3N3O. The second-order valence-electron chi connectivity index (χ2n) is 4.23. The van der Waals surface area contributed by atoms with Gasteiger partial charge in [0.2, 0.25) is 5.95 Å². The third kappa shape index (κ3) is 3.17. The van der Waals surface area contributed by atoms with E-state index in [0.29, 0.717) is 0 Å². The molecule has 0 fully saturated rings. The molecule has 7 heteroatoms. The number of alkyl halides is 3. The zero-order valence-electron chi connectivity index (χ0n) is 10.4. The molecular weight excluding hydrogens is 259 g/mol. The average molecular weight is 273 g/mol. The summed E-state index contributed by atoms with van der Waals surface area (Å²) in [6, 6.07) is 5.58. The van der Waals surface area contributed by atoms with Gasteiger partial charge in [-0.15, -0.1) is 0 Å². The van der Waals surface area contributed by atoms with E-state index in [2.05, 4.69) is 9.72 Å². The van der Waals surface area contributed by atoms with Crippen LogP contribution in [0.15, 0.2) is 18.2 Å². The number of benzene rings is 1. The Hall–Kier alpha value is -1.76. The molecule has 104 valence electrons. The zero-order chi connectivity index (χ0) is 14.0. The summed E-state index contributed by atoms with van der Waals surface area (Å²) >= 11 is 0. The smallest absolute Gasteiger partial charge is 0.370 e. The Balaban J connectivity index is 2.09. The van der Waals surface area contributed by atoms with Crippen molar-refractivity contribution in [1.82, 2.24) is 9.55 Å². The van der Waals surface area contributed by atoms with E-state index in [0.717, 1.165) is 16.6 Å². The van der Waals surface area contributed by atoms with E-state index >= 15 is 0 Å². The maximum absolute atomic E-state index is 11.9. The second-order valence-corrected chi connectivity index (χ2v) is 4.23. The third-order valence-corrected chi connectivity index (χ3v) is 2.74. The van der Waals surface area contributed by atoms with Crippen molar-refractivity contribution in [3.05, 3.63) is 23.8 Å². The topological polar surface area (TPSA) is 53.1 Å². The number of anilines is 1. The molecule has 1 heterocycles. The minimum Gasteiger partial charge on any atom is -0.370 e. The van der Waals surface area contributed by atoms with Crippen LogP contribution < -0.4 is 5.73 Å². The Labute approximate surface area is 108 Å². The summed E-state index contributed by atoms with van der Waals surface area (Å²) < 4.78 is 42.0. The van der Waals surface area contributed by atoms with E-state index in [-0.39, 0.29) is 19.1 Å². The van der Waals surface area contributed by atoms with Gasteiger partial charge in [-0.25, -0.2) is 4.98 Å². The molecule has 2 aromatic rings. The Morgan fingerprint density at radius 2 is 2.11 bits per heavy atom. The first kappa shape index (κ1) is 13.7. The number of hydrogen-bond acceptors (Lipinski definition) is 3. The number of aromatic nitrogens is 2.